The van der Waals surface area contributed by atoms with Crippen LogP contribution in [-0.4, -0.2) is 34.3 Å². The molecule has 0 fully saturated rings. The SMILES string of the molecule is CCC(CCO)CNc1cc(C(=O)O)cc(C(C)C)n1. The van der Waals surface area contributed by atoms with Gasteiger partial charge < -0.3 is 15.5 Å². The zero-order valence-corrected chi connectivity index (χ0v) is 12.4. The highest BCUT2D eigenvalue weighted by Gasteiger charge is 2.12. The van der Waals surface area contributed by atoms with Gasteiger partial charge in [-0.15, -0.1) is 0 Å². The third-order valence-electron chi connectivity index (χ3n) is 3.37. The zero-order valence-electron chi connectivity index (χ0n) is 12.4. The summed E-state index contributed by atoms with van der Waals surface area (Å²) in [6.07, 6.45) is 1.70. The van der Waals surface area contributed by atoms with Crippen molar-refractivity contribution in [3.05, 3.63) is 23.4 Å². The molecule has 1 heterocycles. The molecule has 0 bridgehead atoms. The van der Waals surface area contributed by atoms with Gasteiger partial charge in [0.05, 0.1) is 5.56 Å². The molecule has 1 unspecified atom stereocenters. The molecule has 3 N–H and O–H groups in total. The van der Waals surface area contributed by atoms with E-state index in [-0.39, 0.29) is 18.1 Å². The Morgan fingerprint density at radius 2 is 2.10 bits per heavy atom. The first kappa shape index (κ1) is 16.4. The van der Waals surface area contributed by atoms with Crippen molar-refractivity contribution in [2.75, 3.05) is 18.5 Å². The number of aliphatic hydroxyl groups is 1. The van der Waals surface area contributed by atoms with E-state index < -0.39 is 5.97 Å². The number of aromatic carboxylic acids is 1. The average molecular weight is 280 g/mol. The van der Waals surface area contributed by atoms with E-state index in [1.807, 2.05) is 13.8 Å². The maximum atomic E-state index is 11.1. The lowest BCUT2D eigenvalue weighted by atomic mass is 10.0. The highest BCUT2D eigenvalue weighted by atomic mass is 16.4. The first-order valence-corrected chi connectivity index (χ1v) is 7.07. The van der Waals surface area contributed by atoms with E-state index in [4.69, 9.17) is 10.2 Å². The molecule has 0 radical (unpaired) electrons. The summed E-state index contributed by atoms with van der Waals surface area (Å²) in [5, 5.41) is 21.3. The lowest BCUT2D eigenvalue weighted by Crippen LogP contribution is -2.16. The molecule has 1 atom stereocenters. The molecule has 20 heavy (non-hydrogen) atoms. The highest BCUT2D eigenvalue weighted by Crippen LogP contribution is 2.18. The van der Waals surface area contributed by atoms with Crippen molar-refractivity contribution in [1.82, 2.24) is 4.98 Å². The maximum absolute atomic E-state index is 11.1. The van der Waals surface area contributed by atoms with Crippen molar-refractivity contribution in [1.29, 1.82) is 0 Å². The van der Waals surface area contributed by atoms with Crippen LogP contribution in [-0.2, 0) is 0 Å². The molecule has 0 aromatic carbocycles. The number of nitrogens with zero attached hydrogens (tertiary/aromatic N) is 1. The summed E-state index contributed by atoms with van der Waals surface area (Å²) in [5.41, 5.74) is 1.02. The summed E-state index contributed by atoms with van der Waals surface area (Å²) in [6, 6.07) is 3.17. The Labute approximate surface area is 120 Å². The van der Waals surface area contributed by atoms with Crippen LogP contribution in [0.1, 0.15) is 55.6 Å². The Morgan fingerprint density at radius 3 is 2.60 bits per heavy atom. The monoisotopic (exact) mass is 280 g/mol. The van der Waals surface area contributed by atoms with E-state index >= 15 is 0 Å². The molecule has 0 aliphatic carbocycles. The Bertz CT molecular complexity index is 447. The van der Waals surface area contributed by atoms with Crippen LogP contribution < -0.4 is 5.32 Å². The predicted octanol–water partition coefficient (Wildman–Crippen LogP) is 2.72. The fourth-order valence-corrected chi connectivity index (χ4v) is 1.94. The number of hydrogen-bond acceptors (Lipinski definition) is 4. The molecule has 5 heteroatoms. The van der Waals surface area contributed by atoms with Gasteiger partial charge in [0.25, 0.3) is 0 Å². The topological polar surface area (TPSA) is 82.5 Å². The second-order valence-electron chi connectivity index (χ2n) is 5.29. The molecule has 112 valence electrons. The number of rotatable bonds is 8. The van der Waals surface area contributed by atoms with E-state index in [9.17, 15) is 4.79 Å². The number of hydrogen-bond donors (Lipinski definition) is 3. The van der Waals surface area contributed by atoms with Crippen molar-refractivity contribution in [2.24, 2.45) is 5.92 Å². The largest absolute Gasteiger partial charge is 0.478 e. The number of nitrogens with one attached hydrogen (secondary N) is 1. The van der Waals surface area contributed by atoms with Crippen molar-refractivity contribution in [2.45, 2.75) is 39.5 Å². The fraction of sp³-hybridized carbons (Fsp3) is 0.600. The van der Waals surface area contributed by atoms with Gasteiger partial charge in [0, 0.05) is 18.8 Å². The van der Waals surface area contributed by atoms with Gasteiger partial charge in [-0.2, -0.15) is 0 Å². The average Bonchev–Trinajstić information content (AvgIpc) is 2.42. The molecule has 0 aliphatic rings. The number of aromatic nitrogens is 1. The predicted molar refractivity (Wildman–Crippen MR) is 79.3 cm³/mol. The molecule has 0 amide bonds. The Morgan fingerprint density at radius 1 is 1.40 bits per heavy atom. The first-order valence-electron chi connectivity index (χ1n) is 7.07. The summed E-state index contributed by atoms with van der Waals surface area (Å²) in [6.45, 7) is 6.89. The van der Waals surface area contributed by atoms with Crippen LogP contribution in [0.3, 0.4) is 0 Å². The molecule has 0 aliphatic heterocycles. The van der Waals surface area contributed by atoms with Crippen LogP contribution in [0.4, 0.5) is 5.82 Å². The van der Waals surface area contributed by atoms with Gasteiger partial charge in [0.1, 0.15) is 5.82 Å². The van der Waals surface area contributed by atoms with Crippen molar-refractivity contribution in [3.63, 3.8) is 0 Å². The third kappa shape index (κ3) is 4.81. The fourth-order valence-electron chi connectivity index (χ4n) is 1.94. The first-order chi connectivity index (χ1) is 9.47. The molecule has 0 saturated carbocycles. The third-order valence-corrected chi connectivity index (χ3v) is 3.37. The Balaban J connectivity index is 2.85. The van der Waals surface area contributed by atoms with Gasteiger partial charge in [0.2, 0.25) is 0 Å². The van der Waals surface area contributed by atoms with Crippen LogP contribution in [0.2, 0.25) is 0 Å². The molecule has 5 nitrogen and oxygen atoms in total. The molecule has 1 aromatic heterocycles. The maximum Gasteiger partial charge on any atom is 0.335 e. The van der Waals surface area contributed by atoms with Gasteiger partial charge in [0.15, 0.2) is 0 Å². The summed E-state index contributed by atoms with van der Waals surface area (Å²) >= 11 is 0. The number of carbonyl (C=O) groups is 1. The van der Waals surface area contributed by atoms with Gasteiger partial charge >= 0.3 is 5.97 Å². The lowest BCUT2D eigenvalue weighted by molar-refractivity contribution is 0.0696. The molecule has 0 saturated heterocycles. The molecule has 1 aromatic rings. The van der Waals surface area contributed by atoms with Crippen molar-refractivity contribution in [3.8, 4) is 0 Å². The lowest BCUT2D eigenvalue weighted by Gasteiger charge is -2.16. The van der Waals surface area contributed by atoms with E-state index in [0.29, 0.717) is 18.3 Å². The van der Waals surface area contributed by atoms with Gasteiger partial charge in [-0.25, -0.2) is 9.78 Å². The number of pyridine rings is 1. The summed E-state index contributed by atoms with van der Waals surface area (Å²) in [4.78, 5) is 15.6. The van der Waals surface area contributed by atoms with Gasteiger partial charge in [-0.3, -0.25) is 0 Å². The molecular formula is C15H24N2O3. The number of carboxylic acids is 1. The van der Waals surface area contributed by atoms with Crippen molar-refractivity contribution < 1.29 is 15.0 Å². The van der Waals surface area contributed by atoms with Crippen LogP contribution >= 0.6 is 0 Å². The minimum absolute atomic E-state index is 0.167. The van der Waals surface area contributed by atoms with E-state index in [1.54, 1.807) is 12.1 Å². The molecule has 0 spiro atoms. The quantitative estimate of drug-likeness (QED) is 0.682. The summed E-state index contributed by atoms with van der Waals surface area (Å²) < 4.78 is 0. The van der Waals surface area contributed by atoms with Gasteiger partial charge in [-0.1, -0.05) is 27.2 Å². The standard InChI is InChI=1S/C15H24N2O3/c1-4-11(5-6-18)9-16-14-8-12(15(19)20)7-13(17-14)10(2)3/h7-8,10-11,18H,4-6,9H2,1-3H3,(H,16,17)(H,19,20). The van der Waals surface area contributed by atoms with Crippen LogP contribution in [0.25, 0.3) is 0 Å². The molecule has 1 rings (SSSR count). The molecular weight excluding hydrogens is 256 g/mol. The number of aliphatic hydroxyl groups excluding tert-OH is 1. The minimum atomic E-state index is -0.945. The minimum Gasteiger partial charge on any atom is -0.478 e. The number of anilines is 1. The van der Waals surface area contributed by atoms with Crippen molar-refractivity contribution >= 4 is 11.8 Å². The van der Waals surface area contributed by atoms with E-state index in [2.05, 4.69) is 17.2 Å². The van der Waals surface area contributed by atoms with E-state index in [1.165, 1.54) is 0 Å². The highest BCUT2D eigenvalue weighted by molar-refractivity contribution is 5.88. The second-order valence-corrected chi connectivity index (χ2v) is 5.29. The van der Waals surface area contributed by atoms with Crippen LogP contribution in [0.15, 0.2) is 12.1 Å². The summed E-state index contributed by atoms with van der Waals surface area (Å²) in [7, 11) is 0. The Hall–Kier alpha value is -1.62. The van der Waals surface area contributed by atoms with Crippen LogP contribution in [0, 0.1) is 5.92 Å². The van der Waals surface area contributed by atoms with E-state index in [0.717, 1.165) is 18.5 Å². The smallest absolute Gasteiger partial charge is 0.335 e. The van der Waals surface area contributed by atoms with Gasteiger partial charge in [-0.05, 0) is 30.4 Å². The zero-order chi connectivity index (χ0) is 15.1. The van der Waals surface area contributed by atoms with Crippen LogP contribution in [0.5, 0.6) is 0 Å². The normalized spacial score (nSPS) is 12.4. The Kier molecular flexibility index (Phi) is 6.45. The second kappa shape index (κ2) is 7.85. The number of carboxylic acid groups (broad SMARTS) is 1. The summed E-state index contributed by atoms with van der Waals surface area (Å²) in [5.74, 6) is 0.178.